The molecule has 1 fully saturated rings. The van der Waals surface area contributed by atoms with Gasteiger partial charge in [0.15, 0.2) is 0 Å². The average Bonchev–Trinajstić information content (AvgIpc) is 3.21. The van der Waals surface area contributed by atoms with Gasteiger partial charge in [-0.15, -0.1) is 11.3 Å². The molecule has 7 nitrogen and oxygen atoms in total. The number of nitrogens with zero attached hydrogens (tertiary/aromatic N) is 2. The summed E-state index contributed by atoms with van der Waals surface area (Å²) in [5.74, 6) is 0.572. The zero-order valence-electron chi connectivity index (χ0n) is 22.4. The minimum Gasteiger partial charge on any atom is -0.471 e. The van der Waals surface area contributed by atoms with Crippen molar-refractivity contribution in [1.82, 2.24) is 20.6 Å². The number of carbonyl (C=O) groups excluding carboxylic acids is 1. The molecule has 3 heterocycles. The fourth-order valence-corrected chi connectivity index (χ4v) is 6.30. The zero-order chi connectivity index (χ0) is 25.9. The number of rotatable bonds is 10. The quantitative estimate of drug-likeness (QED) is 0.431. The maximum atomic E-state index is 12.0. The first-order valence-electron chi connectivity index (χ1n) is 13.3. The lowest BCUT2D eigenvalue weighted by Crippen LogP contribution is -2.52. The molecular formula is C28H42N4O3S. The second kappa shape index (κ2) is 11.2. The molecule has 1 aliphatic carbocycles. The van der Waals surface area contributed by atoms with E-state index in [4.69, 9.17) is 9.72 Å². The first-order valence-corrected chi connectivity index (χ1v) is 14.2. The van der Waals surface area contributed by atoms with E-state index >= 15 is 0 Å². The van der Waals surface area contributed by atoms with Crippen LogP contribution in [0.1, 0.15) is 94.5 Å². The van der Waals surface area contributed by atoms with Gasteiger partial charge in [0.05, 0.1) is 23.4 Å². The highest BCUT2D eigenvalue weighted by Gasteiger charge is 2.46. The minimum absolute atomic E-state index is 0.0454. The van der Waals surface area contributed by atoms with Gasteiger partial charge in [0.25, 0.3) is 0 Å². The molecule has 1 saturated carbocycles. The lowest BCUT2D eigenvalue weighted by Gasteiger charge is -2.47. The van der Waals surface area contributed by atoms with Crippen LogP contribution in [0.2, 0.25) is 0 Å². The lowest BCUT2D eigenvalue weighted by molar-refractivity contribution is -0.120. The van der Waals surface area contributed by atoms with Crippen molar-refractivity contribution in [2.45, 2.75) is 110 Å². The van der Waals surface area contributed by atoms with Crippen LogP contribution in [0.5, 0.6) is 5.88 Å². The molecule has 4 rings (SSSR count). The number of thiazole rings is 1. The number of nitrogens with one attached hydrogen (secondary N) is 2. The third-order valence-electron chi connectivity index (χ3n) is 7.24. The Hall–Kier alpha value is -2.03. The van der Waals surface area contributed by atoms with Crippen LogP contribution in [0.3, 0.4) is 0 Å². The van der Waals surface area contributed by atoms with E-state index in [0.717, 1.165) is 55.7 Å². The number of aryl methyl sites for hydroxylation is 1. The maximum Gasteiger partial charge on any atom is 0.218 e. The molecule has 0 saturated heterocycles. The molecule has 1 aliphatic heterocycles. The molecule has 198 valence electrons. The van der Waals surface area contributed by atoms with Crippen molar-refractivity contribution in [2.24, 2.45) is 5.41 Å². The van der Waals surface area contributed by atoms with E-state index in [-0.39, 0.29) is 23.0 Å². The number of ether oxygens (including phenoxy) is 1. The van der Waals surface area contributed by atoms with Gasteiger partial charge in [0, 0.05) is 49.0 Å². The highest BCUT2D eigenvalue weighted by atomic mass is 32.1. The van der Waals surface area contributed by atoms with Gasteiger partial charge in [-0.1, -0.05) is 34.1 Å². The summed E-state index contributed by atoms with van der Waals surface area (Å²) in [7, 11) is 0. The van der Waals surface area contributed by atoms with Crippen molar-refractivity contribution in [3.05, 3.63) is 39.5 Å². The molecule has 2 aromatic heterocycles. The Balaban J connectivity index is 1.50. The molecular weight excluding hydrogens is 472 g/mol. The molecule has 1 spiro atoms. The molecule has 36 heavy (non-hydrogen) atoms. The Kier molecular flexibility index (Phi) is 8.37. The zero-order valence-corrected chi connectivity index (χ0v) is 23.2. The van der Waals surface area contributed by atoms with Crippen molar-refractivity contribution < 1.29 is 14.6 Å². The predicted octanol–water partition coefficient (Wildman–Crippen LogP) is 4.52. The minimum atomic E-state index is -0.751. The van der Waals surface area contributed by atoms with Crippen molar-refractivity contribution in [2.75, 3.05) is 6.54 Å². The van der Waals surface area contributed by atoms with Crippen LogP contribution < -0.4 is 15.4 Å². The van der Waals surface area contributed by atoms with Crippen LogP contribution in [-0.2, 0) is 24.1 Å². The predicted molar refractivity (Wildman–Crippen MR) is 143 cm³/mol. The number of aromatic nitrogens is 2. The normalized spacial score (nSPS) is 20.2. The summed E-state index contributed by atoms with van der Waals surface area (Å²) in [6.07, 6.45) is 8.78. The van der Waals surface area contributed by atoms with Crippen molar-refractivity contribution in [1.29, 1.82) is 0 Å². The summed E-state index contributed by atoms with van der Waals surface area (Å²) < 4.78 is 6.41. The van der Waals surface area contributed by atoms with E-state index in [1.807, 2.05) is 11.7 Å². The monoisotopic (exact) mass is 514 g/mol. The lowest BCUT2D eigenvalue weighted by atomic mass is 9.73. The van der Waals surface area contributed by atoms with E-state index in [1.165, 1.54) is 23.8 Å². The second-order valence-electron chi connectivity index (χ2n) is 11.8. The molecule has 0 unspecified atom stereocenters. The Morgan fingerprint density at radius 3 is 2.75 bits per heavy atom. The standard InChI is InChI=1S/C28H42N4O3S/c1-6-8-25-22(31-17-36-25)12-21(32-18(2)33)24(34)16-29-23-14-28(9-7-10-28)35-26-20(23)11-19(15-30-26)13-27(3,4)5/h11,15,17,21,23-24,29,34H,6-10,12-14,16H2,1-5H3,(H,32,33)/t21-,23-,24-/m0/s1. The molecule has 3 atom stereocenters. The van der Waals surface area contributed by atoms with Gasteiger partial charge >= 0.3 is 0 Å². The van der Waals surface area contributed by atoms with Crippen LogP contribution in [0.25, 0.3) is 0 Å². The number of fused-ring (bicyclic) bond motifs is 1. The maximum absolute atomic E-state index is 12.0. The van der Waals surface area contributed by atoms with E-state index in [1.54, 1.807) is 11.3 Å². The molecule has 8 heteroatoms. The first-order chi connectivity index (χ1) is 17.1. The number of aliphatic hydroxyl groups excluding tert-OH is 1. The van der Waals surface area contributed by atoms with Gasteiger partial charge in [-0.25, -0.2) is 9.97 Å². The molecule has 3 N–H and O–H groups in total. The number of hydrogen-bond donors (Lipinski definition) is 3. The average molecular weight is 515 g/mol. The van der Waals surface area contributed by atoms with Crippen molar-refractivity contribution >= 4 is 17.2 Å². The summed E-state index contributed by atoms with van der Waals surface area (Å²) in [6.45, 7) is 10.7. The van der Waals surface area contributed by atoms with Gasteiger partial charge in [0.2, 0.25) is 11.8 Å². The summed E-state index contributed by atoms with van der Waals surface area (Å²) in [6, 6.07) is 1.86. The highest BCUT2D eigenvalue weighted by Crippen LogP contribution is 2.48. The second-order valence-corrected chi connectivity index (χ2v) is 12.8. The highest BCUT2D eigenvalue weighted by molar-refractivity contribution is 7.09. The first kappa shape index (κ1) is 27.0. The number of carbonyl (C=O) groups is 1. The molecule has 0 bridgehead atoms. The molecule has 0 aromatic carbocycles. The van der Waals surface area contributed by atoms with Gasteiger partial charge in [0.1, 0.15) is 5.60 Å². The van der Waals surface area contributed by atoms with Crippen LogP contribution >= 0.6 is 11.3 Å². The number of aliphatic hydroxyl groups is 1. The summed E-state index contributed by atoms with van der Waals surface area (Å²) in [5, 5.41) is 17.8. The Labute approximate surface area is 219 Å². The Morgan fingerprint density at radius 2 is 2.11 bits per heavy atom. The van der Waals surface area contributed by atoms with Crippen molar-refractivity contribution in [3.8, 4) is 5.88 Å². The Bertz CT molecular complexity index is 1040. The largest absolute Gasteiger partial charge is 0.471 e. The fourth-order valence-electron chi connectivity index (χ4n) is 5.40. The van der Waals surface area contributed by atoms with Crippen LogP contribution in [0.4, 0.5) is 0 Å². The fraction of sp³-hybridized carbons (Fsp3) is 0.679. The van der Waals surface area contributed by atoms with Crippen molar-refractivity contribution in [3.63, 3.8) is 0 Å². The van der Waals surface area contributed by atoms with Crippen LogP contribution in [-0.4, -0.2) is 45.3 Å². The molecule has 2 aromatic rings. The third-order valence-corrected chi connectivity index (χ3v) is 8.18. The third kappa shape index (κ3) is 6.64. The Morgan fingerprint density at radius 1 is 1.33 bits per heavy atom. The van der Waals surface area contributed by atoms with E-state index in [9.17, 15) is 9.90 Å². The van der Waals surface area contributed by atoms with Gasteiger partial charge in [-0.3, -0.25) is 4.79 Å². The topological polar surface area (TPSA) is 96.4 Å². The van der Waals surface area contributed by atoms with E-state index < -0.39 is 12.1 Å². The van der Waals surface area contributed by atoms with E-state index in [2.05, 4.69) is 49.4 Å². The number of pyridine rings is 1. The number of amides is 1. The van der Waals surface area contributed by atoms with Crippen LogP contribution in [0.15, 0.2) is 17.8 Å². The summed E-state index contributed by atoms with van der Waals surface area (Å²) in [5.41, 5.74) is 5.11. The van der Waals surface area contributed by atoms with Gasteiger partial charge in [-0.2, -0.15) is 0 Å². The smallest absolute Gasteiger partial charge is 0.218 e. The SMILES string of the molecule is CCCc1scnc1C[C@H](NC(C)=O)[C@@H](O)CN[C@H]1CC2(CCC2)Oc2ncc(CC(C)(C)C)cc21. The number of hydrogen-bond acceptors (Lipinski definition) is 7. The molecule has 0 radical (unpaired) electrons. The molecule has 2 aliphatic rings. The summed E-state index contributed by atoms with van der Waals surface area (Å²) in [4.78, 5) is 22.4. The van der Waals surface area contributed by atoms with Gasteiger partial charge < -0.3 is 20.5 Å². The van der Waals surface area contributed by atoms with Crippen LogP contribution in [0, 0.1) is 5.41 Å². The molecule has 1 amide bonds. The summed E-state index contributed by atoms with van der Waals surface area (Å²) >= 11 is 1.65. The van der Waals surface area contributed by atoms with Gasteiger partial charge in [-0.05, 0) is 49.1 Å². The van der Waals surface area contributed by atoms with E-state index in [0.29, 0.717) is 13.0 Å².